The van der Waals surface area contributed by atoms with E-state index in [1.54, 1.807) is 24.3 Å². The Morgan fingerprint density at radius 3 is 2.50 bits per heavy atom. The summed E-state index contributed by atoms with van der Waals surface area (Å²) in [5.74, 6) is -1.19. The summed E-state index contributed by atoms with van der Waals surface area (Å²) in [4.78, 5) is 47.8. The van der Waals surface area contributed by atoms with Gasteiger partial charge in [-0.2, -0.15) is 0 Å². The Bertz CT molecular complexity index is 1010. The van der Waals surface area contributed by atoms with Crippen LogP contribution in [0.5, 0.6) is 0 Å². The monoisotopic (exact) mass is 417 g/mol. The van der Waals surface area contributed by atoms with Gasteiger partial charge in [-0.05, 0) is 41.6 Å². The number of non-ortho nitro benzene ring substituents is 1. The summed E-state index contributed by atoms with van der Waals surface area (Å²) >= 11 is 6.78. The van der Waals surface area contributed by atoms with Gasteiger partial charge in [0.1, 0.15) is 6.54 Å². The molecule has 8 nitrogen and oxygen atoms in total. The number of nitrogens with one attached hydrogen (secondary N) is 1. The number of hydrogen-bond donors (Lipinski definition) is 1. The van der Waals surface area contributed by atoms with E-state index in [0.717, 1.165) is 16.7 Å². The lowest BCUT2D eigenvalue weighted by Gasteiger charge is -2.12. The van der Waals surface area contributed by atoms with Crippen LogP contribution in [0.15, 0.2) is 53.4 Å². The minimum atomic E-state index is -0.602. The first-order valence-electron chi connectivity index (χ1n) is 7.89. The Labute approximate surface area is 168 Å². The van der Waals surface area contributed by atoms with Gasteiger partial charge in [-0.25, -0.2) is 0 Å². The summed E-state index contributed by atoms with van der Waals surface area (Å²) < 4.78 is 0. The van der Waals surface area contributed by atoms with E-state index in [0.29, 0.717) is 16.3 Å². The zero-order chi connectivity index (χ0) is 20.3. The highest BCUT2D eigenvalue weighted by atomic mass is 35.5. The highest BCUT2D eigenvalue weighted by molar-refractivity contribution is 8.18. The average Bonchev–Trinajstić information content (AvgIpc) is 2.91. The van der Waals surface area contributed by atoms with Crippen molar-refractivity contribution in [2.24, 2.45) is 0 Å². The normalized spacial score (nSPS) is 15.2. The summed E-state index contributed by atoms with van der Waals surface area (Å²) in [6.45, 7) is -0.471. The highest BCUT2D eigenvalue weighted by Gasteiger charge is 2.36. The van der Waals surface area contributed by atoms with Crippen molar-refractivity contribution in [2.45, 2.75) is 0 Å². The first-order chi connectivity index (χ1) is 13.3. The molecule has 2 aromatic rings. The summed E-state index contributed by atoms with van der Waals surface area (Å²) in [7, 11) is 0. The number of hydrogen-bond acceptors (Lipinski definition) is 6. The molecule has 0 unspecified atom stereocenters. The number of benzene rings is 2. The highest BCUT2D eigenvalue weighted by Crippen LogP contribution is 2.33. The van der Waals surface area contributed by atoms with Crippen LogP contribution in [0.4, 0.5) is 16.2 Å². The second-order valence-electron chi connectivity index (χ2n) is 5.64. The molecule has 3 rings (SSSR count). The Morgan fingerprint density at radius 2 is 1.86 bits per heavy atom. The molecule has 3 amide bonds. The van der Waals surface area contributed by atoms with Gasteiger partial charge in [-0.1, -0.05) is 29.8 Å². The molecule has 1 aliphatic rings. The van der Waals surface area contributed by atoms with E-state index in [1.165, 1.54) is 30.3 Å². The molecule has 142 valence electrons. The molecule has 0 aliphatic carbocycles. The zero-order valence-corrected chi connectivity index (χ0v) is 15.7. The van der Waals surface area contributed by atoms with Crippen molar-refractivity contribution in [3.63, 3.8) is 0 Å². The first-order valence-corrected chi connectivity index (χ1v) is 9.09. The van der Waals surface area contributed by atoms with Crippen molar-refractivity contribution >= 4 is 57.9 Å². The number of halogens is 1. The van der Waals surface area contributed by atoms with Gasteiger partial charge in [0.05, 0.1) is 9.83 Å². The van der Waals surface area contributed by atoms with Gasteiger partial charge < -0.3 is 5.32 Å². The van der Waals surface area contributed by atoms with E-state index in [-0.39, 0.29) is 10.6 Å². The third-order valence-corrected chi connectivity index (χ3v) is 4.98. The predicted molar refractivity (Wildman–Crippen MR) is 106 cm³/mol. The number of carbonyl (C=O) groups excluding carboxylic acids is 3. The molecule has 0 saturated carbocycles. The SMILES string of the molecule is O=C(CN1C(=O)S/C(=C\c2ccccc2Cl)C1=O)Nc1ccc([N+](=O)[O-])cc1. The maximum absolute atomic E-state index is 12.5. The van der Waals surface area contributed by atoms with Crippen LogP contribution in [0, 0.1) is 10.1 Å². The molecule has 1 heterocycles. The quantitative estimate of drug-likeness (QED) is 0.448. The Kier molecular flexibility index (Phi) is 5.76. The lowest BCUT2D eigenvalue weighted by atomic mass is 10.2. The van der Waals surface area contributed by atoms with Crippen LogP contribution in [0.3, 0.4) is 0 Å². The number of rotatable bonds is 5. The predicted octanol–water partition coefficient (Wildman–Crippen LogP) is 3.92. The van der Waals surface area contributed by atoms with Crippen molar-refractivity contribution in [2.75, 3.05) is 11.9 Å². The molecule has 0 aromatic heterocycles. The average molecular weight is 418 g/mol. The van der Waals surface area contributed by atoms with Crippen molar-refractivity contribution < 1.29 is 19.3 Å². The zero-order valence-electron chi connectivity index (χ0n) is 14.1. The van der Waals surface area contributed by atoms with Gasteiger partial charge in [0.15, 0.2) is 0 Å². The van der Waals surface area contributed by atoms with Crippen LogP contribution in [0.25, 0.3) is 6.08 Å². The van der Waals surface area contributed by atoms with Gasteiger partial charge in [-0.15, -0.1) is 0 Å². The number of thioether (sulfide) groups is 1. The van der Waals surface area contributed by atoms with E-state index in [9.17, 15) is 24.5 Å². The number of nitrogens with zero attached hydrogens (tertiary/aromatic N) is 2. The maximum atomic E-state index is 12.5. The van der Waals surface area contributed by atoms with Gasteiger partial charge >= 0.3 is 0 Å². The van der Waals surface area contributed by atoms with E-state index >= 15 is 0 Å². The minimum absolute atomic E-state index is 0.117. The molecular weight excluding hydrogens is 406 g/mol. The molecule has 0 spiro atoms. The van der Waals surface area contributed by atoms with Crippen LogP contribution in [-0.4, -0.2) is 33.4 Å². The molecule has 0 radical (unpaired) electrons. The number of carbonyl (C=O) groups is 3. The second-order valence-corrected chi connectivity index (χ2v) is 7.04. The number of nitro groups is 1. The second kappa shape index (κ2) is 8.24. The lowest BCUT2D eigenvalue weighted by Crippen LogP contribution is -2.36. The van der Waals surface area contributed by atoms with Crippen molar-refractivity contribution in [1.82, 2.24) is 4.90 Å². The molecule has 1 N–H and O–H groups in total. The van der Waals surface area contributed by atoms with Gasteiger partial charge in [0.2, 0.25) is 5.91 Å². The van der Waals surface area contributed by atoms with Crippen LogP contribution in [-0.2, 0) is 9.59 Å². The molecule has 1 aliphatic heterocycles. The molecule has 1 fully saturated rings. The smallest absolute Gasteiger partial charge is 0.294 e. The topological polar surface area (TPSA) is 110 Å². The van der Waals surface area contributed by atoms with Crippen LogP contribution in [0.1, 0.15) is 5.56 Å². The molecule has 1 saturated heterocycles. The van der Waals surface area contributed by atoms with Crippen molar-refractivity contribution in [3.05, 3.63) is 74.1 Å². The fraction of sp³-hybridized carbons (Fsp3) is 0.0556. The van der Waals surface area contributed by atoms with Crippen LogP contribution < -0.4 is 5.32 Å². The Balaban J connectivity index is 1.68. The number of anilines is 1. The molecule has 0 atom stereocenters. The maximum Gasteiger partial charge on any atom is 0.294 e. The van der Waals surface area contributed by atoms with E-state index < -0.39 is 28.5 Å². The third-order valence-electron chi connectivity index (χ3n) is 3.73. The van der Waals surface area contributed by atoms with Gasteiger partial charge in [0.25, 0.3) is 16.8 Å². The van der Waals surface area contributed by atoms with E-state index in [4.69, 9.17) is 11.6 Å². The van der Waals surface area contributed by atoms with E-state index in [1.807, 2.05) is 0 Å². The van der Waals surface area contributed by atoms with Gasteiger partial charge in [0, 0.05) is 22.8 Å². The number of imide groups is 1. The molecule has 28 heavy (non-hydrogen) atoms. The summed E-state index contributed by atoms with van der Waals surface area (Å²) in [6, 6.07) is 12.1. The summed E-state index contributed by atoms with van der Waals surface area (Å²) in [5, 5.41) is 13.0. The summed E-state index contributed by atoms with van der Waals surface area (Å²) in [6.07, 6.45) is 1.50. The molecule has 0 bridgehead atoms. The lowest BCUT2D eigenvalue weighted by molar-refractivity contribution is -0.384. The first kappa shape index (κ1) is 19.6. The molecular formula is C18H12ClN3O5S. The summed E-state index contributed by atoms with van der Waals surface area (Å²) in [5.41, 5.74) is 0.785. The number of amides is 3. The fourth-order valence-corrected chi connectivity index (χ4v) is 3.40. The van der Waals surface area contributed by atoms with Gasteiger partial charge in [-0.3, -0.25) is 29.4 Å². The van der Waals surface area contributed by atoms with Crippen LogP contribution in [0.2, 0.25) is 5.02 Å². The van der Waals surface area contributed by atoms with E-state index in [2.05, 4.69) is 5.32 Å². The Hall–Kier alpha value is -3.17. The van der Waals surface area contributed by atoms with Crippen molar-refractivity contribution in [3.8, 4) is 0 Å². The molecule has 10 heteroatoms. The van der Waals surface area contributed by atoms with Crippen molar-refractivity contribution in [1.29, 1.82) is 0 Å². The Morgan fingerprint density at radius 1 is 1.18 bits per heavy atom. The fourth-order valence-electron chi connectivity index (χ4n) is 2.38. The van der Waals surface area contributed by atoms with Crippen LogP contribution >= 0.6 is 23.4 Å². The number of nitro benzene ring substituents is 1. The largest absolute Gasteiger partial charge is 0.325 e. The minimum Gasteiger partial charge on any atom is -0.325 e. The molecule has 2 aromatic carbocycles. The standard InChI is InChI=1S/C18H12ClN3O5S/c19-14-4-2-1-3-11(14)9-15-17(24)21(18(25)28-15)10-16(23)20-12-5-7-13(8-6-12)22(26)27/h1-9H,10H2,(H,20,23)/b15-9-. The third kappa shape index (κ3) is 4.38.